The number of amides is 1. The lowest BCUT2D eigenvalue weighted by Crippen LogP contribution is -2.14. The van der Waals surface area contributed by atoms with Crippen LogP contribution in [0.5, 0.6) is 11.5 Å². The molecule has 0 fully saturated rings. The topological polar surface area (TPSA) is 52.5 Å². The van der Waals surface area contributed by atoms with Gasteiger partial charge in [-0.25, -0.2) is 0 Å². The zero-order valence-corrected chi connectivity index (χ0v) is 17.6. The zero-order valence-electron chi connectivity index (χ0n) is 17.6. The van der Waals surface area contributed by atoms with Gasteiger partial charge in [-0.05, 0) is 41.0 Å². The van der Waals surface area contributed by atoms with Gasteiger partial charge in [-0.1, -0.05) is 42.5 Å². The lowest BCUT2D eigenvalue weighted by atomic mass is 9.88. The first-order valence-electron chi connectivity index (χ1n) is 10.4. The van der Waals surface area contributed by atoms with Gasteiger partial charge in [-0.3, -0.25) is 4.79 Å². The number of nitrogens with zero attached hydrogens (tertiary/aromatic N) is 1. The van der Waals surface area contributed by atoms with Crippen LogP contribution in [0.1, 0.15) is 29.0 Å². The van der Waals surface area contributed by atoms with Crippen molar-refractivity contribution in [3.05, 3.63) is 89.6 Å². The Hall–Kier alpha value is -3.73. The van der Waals surface area contributed by atoms with Crippen molar-refractivity contribution in [2.45, 2.75) is 18.9 Å². The van der Waals surface area contributed by atoms with Gasteiger partial charge in [0.05, 0.1) is 25.4 Å². The minimum Gasteiger partial charge on any atom is -0.493 e. The fourth-order valence-electron chi connectivity index (χ4n) is 4.53. The molecule has 0 saturated heterocycles. The number of benzene rings is 3. The maximum atomic E-state index is 12.8. The molecule has 1 aliphatic heterocycles. The van der Waals surface area contributed by atoms with E-state index in [0.29, 0.717) is 17.9 Å². The zero-order chi connectivity index (χ0) is 21.4. The Labute approximate surface area is 181 Å². The third kappa shape index (κ3) is 3.42. The van der Waals surface area contributed by atoms with Crippen LogP contribution < -0.4 is 14.8 Å². The van der Waals surface area contributed by atoms with Crippen LogP contribution in [-0.2, 0) is 11.3 Å². The molecule has 0 radical (unpaired) electrons. The summed E-state index contributed by atoms with van der Waals surface area (Å²) >= 11 is 0. The number of carbonyl (C=O) groups excluding carboxylic acids is 1. The van der Waals surface area contributed by atoms with Crippen LogP contribution >= 0.6 is 0 Å². The molecule has 3 aromatic carbocycles. The molecule has 0 aliphatic carbocycles. The molecular weight excluding hydrogens is 388 g/mol. The van der Waals surface area contributed by atoms with Crippen LogP contribution in [0.3, 0.4) is 0 Å². The fraction of sp³-hybridized carbons (Fsp3) is 0.192. The summed E-state index contributed by atoms with van der Waals surface area (Å²) in [5.74, 6) is 1.27. The highest BCUT2D eigenvalue weighted by Crippen LogP contribution is 2.42. The second kappa shape index (κ2) is 7.84. The van der Waals surface area contributed by atoms with Gasteiger partial charge < -0.3 is 19.4 Å². The molecule has 1 atom stereocenters. The number of nitrogens with one attached hydrogen (secondary N) is 1. The first-order valence-corrected chi connectivity index (χ1v) is 10.4. The second-order valence-electron chi connectivity index (χ2n) is 7.82. The molecule has 31 heavy (non-hydrogen) atoms. The van der Waals surface area contributed by atoms with Gasteiger partial charge in [0.1, 0.15) is 0 Å². The maximum Gasteiger partial charge on any atom is 0.225 e. The third-order valence-electron chi connectivity index (χ3n) is 5.98. The summed E-state index contributed by atoms with van der Waals surface area (Å²) in [7, 11) is 3.26. The summed E-state index contributed by atoms with van der Waals surface area (Å²) in [6, 6.07) is 22.4. The molecule has 1 aliphatic rings. The highest BCUT2D eigenvalue weighted by Gasteiger charge is 2.28. The summed E-state index contributed by atoms with van der Waals surface area (Å²) in [5, 5.41) is 4.21. The Morgan fingerprint density at radius 1 is 0.968 bits per heavy atom. The van der Waals surface area contributed by atoms with E-state index in [1.54, 1.807) is 14.2 Å². The summed E-state index contributed by atoms with van der Waals surface area (Å²) in [6.45, 7) is 0.771. The van der Waals surface area contributed by atoms with Crippen LogP contribution in [0.25, 0.3) is 10.9 Å². The Morgan fingerprint density at radius 2 is 1.77 bits per heavy atom. The van der Waals surface area contributed by atoms with Crippen molar-refractivity contribution in [2.24, 2.45) is 0 Å². The van der Waals surface area contributed by atoms with Crippen LogP contribution in [0.15, 0.2) is 72.9 Å². The number of ether oxygens (including phenoxy) is 2. The molecule has 0 spiro atoms. The first-order chi connectivity index (χ1) is 15.2. The van der Waals surface area contributed by atoms with Crippen LogP contribution in [0.4, 0.5) is 5.69 Å². The van der Waals surface area contributed by atoms with Crippen molar-refractivity contribution in [3.8, 4) is 11.5 Å². The van der Waals surface area contributed by atoms with E-state index in [-0.39, 0.29) is 11.8 Å². The quantitative estimate of drug-likeness (QED) is 0.491. The normalized spacial score (nSPS) is 15.4. The van der Waals surface area contributed by atoms with E-state index >= 15 is 0 Å². The van der Waals surface area contributed by atoms with E-state index in [1.807, 2.05) is 36.4 Å². The fourth-order valence-corrected chi connectivity index (χ4v) is 4.53. The monoisotopic (exact) mass is 412 g/mol. The molecule has 4 aromatic rings. The predicted molar refractivity (Wildman–Crippen MR) is 122 cm³/mol. The van der Waals surface area contributed by atoms with Gasteiger partial charge in [-0.15, -0.1) is 0 Å². The van der Waals surface area contributed by atoms with Gasteiger partial charge in [-0.2, -0.15) is 0 Å². The van der Waals surface area contributed by atoms with Crippen molar-refractivity contribution in [1.82, 2.24) is 4.57 Å². The minimum absolute atomic E-state index is 0.0121. The van der Waals surface area contributed by atoms with Crippen LogP contribution in [-0.4, -0.2) is 24.7 Å². The summed E-state index contributed by atoms with van der Waals surface area (Å²) in [4.78, 5) is 12.8. The highest BCUT2D eigenvalue weighted by atomic mass is 16.5. The Morgan fingerprint density at radius 3 is 2.55 bits per heavy atom. The highest BCUT2D eigenvalue weighted by molar-refractivity contribution is 6.06. The maximum absolute atomic E-state index is 12.8. The number of anilines is 1. The van der Waals surface area contributed by atoms with Gasteiger partial charge in [0.15, 0.2) is 11.5 Å². The molecule has 0 saturated carbocycles. The van der Waals surface area contributed by atoms with Gasteiger partial charge in [0, 0.05) is 30.5 Å². The number of hydrogen-bond donors (Lipinski definition) is 1. The lowest BCUT2D eigenvalue weighted by Gasteiger charge is -2.17. The van der Waals surface area contributed by atoms with E-state index in [2.05, 4.69) is 46.4 Å². The number of carbonyl (C=O) groups is 1. The molecule has 0 unspecified atom stereocenters. The molecule has 1 aromatic heterocycles. The Bertz CT molecular complexity index is 1260. The molecule has 1 N–H and O–H groups in total. The van der Waals surface area contributed by atoms with Gasteiger partial charge >= 0.3 is 0 Å². The average molecular weight is 412 g/mol. The van der Waals surface area contributed by atoms with Gasteiger partial charge in [0.25, 0.3) is 0 Å². The summed E-state index contributed by atoms with van der Waals surface area (Å²) in [6.07, 6.45) is 2.57. The molecule has 0 bridgehead atoms. The molecule has 1 amide bonds. The smallest absolute Gasteiger partial charge is 0.225 e. The molecule has 5 rings (SSSR count). The average Bonchev–Trinajstić information content (AvgIpc) is 3.09. The number of aromatic nitrogens is 1. The van der Waals surface area contributed by atoms with E-state index in [9.17, 15) is 4.79 Å². The molecule has 156 valence electrons. The summed E-state index contributed by atoms with van der Waals surface area (Å²) in [5.41, 5.74) is 5.40. The minimum atomic E-state index is -0.0806. The van der Waals surface area contributed by atoms with E-state index < -0.39 is 0 Å². The van der Waals surface area contributed by atoms with E-state index in [1.165, 1.54) is 5.56 Å². The second-order valence-corrected chi connectivity index (χ2v) is 7.82. The third-order valence-corrected chi connectivity index (χ3v) is 5.98. The first kappa shape index (κ1) is 19.2. The molecule has 5 nitrogen and oxygen atoms in total. The molecule has 2 heterocycles. The standard InChI is InChI=1S/C26H24N2O3/c1-30-23-12-11-18(13-24(23)31-2)19-14-25(29)27-21-9-6-10-22-26(21)20(19)16-28(22)15-17-7-4-3-5-8-17/h3-13,16,19H,14-15H2,1-2H3,(H,27,29)/t19-/m1/s1. The lowest BCUT2D eigenvalue weighted by molar-refractivity contribution is -0.116. The van der Waals surface area contributed by atoms with Crippen molar-refractivity contribution < 1.29 is 14.3 Å². The van der Waals surface area contributed by atoms with Crippen LogP contribution in [0, 0.1) is 0 Å². The van der Waals surface area contributed by atoms with E-state index in [4.69, 9.17) is 9.47 Å². The number of methoxy groups -OCH3 is 2. The number of rotatable bonds is 5. The Kier molecular flexibility index (Phi) is 4.86. The SMILES string of the molecule is COc1ccc([C@H]2CC(=O)Nc3cccc4c3c2cn4Cc2ccccc2)cc1OC. The summed E-state index contributed by atoms with van der Waals surface area (Å²) < 4.78 is 13.2. The van der Waals surface area contributed by atoms with Crippen molar-refractivity contribution in [2.75, 3.05) is 19.5 Å². The molecular formula is C26H24N2O3. The van der Waals surface area contributed by atoms with Gasteiger partial charge in [0.2, 0.25) is 5.91 Å². The van der Waals surface area contributed by atoms with Crippen molar-refractivity contribution in [3.63, 3.8) is 0 Å². The van der Waals surface area contributed by atoms with Crippen LogP contribution in [0.2, 0.25) is 0 Å². The Balaban J connectivity index is 1.68. The number of hydrogen-bond acceptors (Lipinski definition) is 3. The van der Waals surface area contributed by atoms with Crippen molar-refractivity contribution >= 4 is 22.5 Å². The predicted octanol–water partition coefficient (Wildman–Crippen LogP) is 5.18. The van der Waals surface area contributed by atoms with Crippen molar-refractivity contribution in [1.29, 1.82) is 0 Å². The van der Waals surface area contributed by atoms with E-state index in [0.717, 1.165) is 34.3 Å². The largest absolute Gasteiger partial charge is 0.493 e. The molecule has 5 heteroatoms.